The minimum absolute atomic E-state index is 0.0425. The molecule has 1 aromatic carbocycles. The molecule has 1 aliphatic heterocycles. The predicted octanol–water partition coefficient (Wildman–Crippen LogP) is 2.18. The van der Waals surface area contributed by atoms with Gasteiger partial charge in [-0.1, -0.05) is 0 Å². The lowest BCUT2D eigenvalue weighted by molar-refractivity contribution is 0.0996. The van der Waals surface area contributed by atoms with E-state index in [1.807, 2.05) is 29.8 Å². The van der Waals surface area contributed by atoms with Gasteiger partial charge in [-0.25, -0.2) is 4.98 Å². The Morgan fingerprint density at radius 1 is 1.30 bits per heavy atom. The van der Waals surface area contributed by atoms with Gasteiger partial charge in [-0.15, -0.1) is 0 Å². The van der Waals surface area contributed by atoms with Crippen LogP contribution >= 0.6 is 0 Å². The second-order valence-electron chi connectivity index (χ2n) is 5.77. The van der Waals surface area contributed by atoms with Crippen molar-refractivity contribution in [1.82, 2.24) is 14.5 Å². The van der Waals surface area contributed by atoms with Crippen LogP contribution in [0.4, 0.5) is 5.69 Å². The third-order valence-electron chi connectivity index (χ3n) is 4.26. The van der Waals surface area contributed by atoms with Crippen LogP contribution in [0.1, 0.15) is 34.9 Å². The van der Waals surface area contributed by atoms with Gasteiger partial charge in [0.15, 0.2) is 0 Å². The highest BCUT2D eigenvalue weighted by Gasteiger charge is 2.29. The number of aliphatic hydroxyl groups excluding tert-OH is 1. The molecule has 1 amide bonds. The van der Waals surface area contributed by atoms with Gasteiger partial charge in [0, 0.05) is 18.9 Å². The highest BCUT2D eigenvalue weighted by Crippen LogP contribution is 2.30. The average molecular weight is 308 g/mol. The Morgan fingerprint density at radius 2 is 2.13 bits per heavy atom. The molecule has 0 saturated heterocycles. The molecule has 0 bridgehead atoms. The third-order valence-corrected chi connectivity index (χ3v) is 4.26. The molecule has 1 unspecified atom stereocenters. The number of hydrogen-bond acceptors (Lipinski definition) is 4. The Labute approximate surface area is 133 Å². The molecule has 23 heavy (non-hydrogen) atoms. The van der Waals surface area contributed by atoms with Crippen LogP contribution in [0, 0.1) is 0 Å². The SMILES string of the molecule is CC(O)c1nc2cc(N3Cc4ncccc4C3=O)ccc2n1C. The van der Waals surface area contributed by atoms with Gasteiger partial charge in [-0.3, -0.25) is 9.78 Å². The Bertz CT molecular complexity index is 929. The molecule has 2 aromatic heterocycles. The maximum atomic E-state index is 12.5. The van der Waals surface area contributed by atoms with Crippen molar-refractivity contribution in [3.63, 3.8) is 0 Å². The lowest BCUT2D eigenvalue weighted by Crippen LogP contribution is -2.22. The first-order chi connectivity index (χ1) is 11.1. The normalized spacial score (nSPS) is 15.3. The number of aryl methyl sites for hydroxylation is 1. The molecule has 3 heterocycles. The first kappa shape index (κ1) is 13.9. The van der Waals surface area contributed by atoms with Crippen molar-refractivity contribution in [2.75, 3.05) is 4.90 Å². The number of amides is 1. The van der Waals surface area contributed by atoms with E-state index >= 15 is 0 Å². The van der Waals surface area contributed by atoms with Crippen molar-refractivity contribution >= 4 is 22.6 Å². The number of anilines is 1. The Hall–Kier alpha value is -2.73. The number of nitrogens with zero attached hydrogens (tertiary/aromatic N) is 4. The van der Waals surface area contributed by atoms with Gasteiger partial charge in [0.2, 0.25) is 0 Å². The highest BCUT2D eigenvalue weighted by molar-refractivity contribution is 6.10. The molecule has 0 spiro atoms. The zero-order chi connectivity index (χ0) is 16.1. The Morgan fingerprint density at radius 3 is 2.87 bits per heavy atom. The molecule has 0 aliphatic carbocycles. The number of carbonyl (C=O) groups is 1. The third kappa shape index (κ3) is 2.03. The lowest BCUT2D eigenvalue weighted by atomic mass is 10.2. The first-order valence-electron chi connectivity index (χ1n) is 7.46. The van der Waals surface area contributed by atoms with Crippen LogP contribution in [0.25, 0.3) is 11.0 Å². The molecular weight excluding hydrogens is 292 g/mol. The van der Waals surface area contributed by atoms with Crippen LogP contribution in [-0.4, -0.2) is 25.5 Å². The van der Waals surface area contributed by atoms with E-state index in [1.54, 1.807) is 30.2 Å². The van der Waals surface area contributed by atoms with E-state index < -0.39 is 6.10 Å². The van der Waals surface area contributed by atoms with Crippen LogP contribution in [-0.2, 0) is 13.6 Å². The van der Waals surface area contributed by atoms with E-state index in [1.165, 1.54) is 0 Å². The second kappa shape index (κ2) is 4.89. The van der Waals surface area contributed by atoms with Crippen molar-refractivity contribution in [1.29, 1.82) is 0 Å². The number of aliphatic hydroxyl groups is 1. The minimum atomic E-state index is -0.641. The lowest BCUT2D eigenvalue weighted by Gasteiger charge is -2.15. The van der Waals surface area contributed by atoms with Crippen molar-refractivity contribution < 1.29 is 9.90 Å². The van der Waals surface area contributed by atoms with E-state index in [0.29, 0.717) is 17.9 Å². The van der Waals surface area contributed by atoms with E-state index in [9.17, 15) is 9.90 Å². The molecule has 6 heteroatoms. The summed E-state index contributed by atoms with van der Waals surface area (Å²) in [6.07, 6.45) is 1.06. The van der Waals surface area contributed by atoms with Crippen LogP contribution < -0.4 is 4.90 Å². The molecule has 3 aromatic rings. The molecule has 4 rings (SSSR count). The topological polar surface area (TPSA) is 71.2 Å². The summed E-state index contributed by atoms with van der Waals surface area (Å²) >= 11 is 0. The molecule has 0 saturated carbocycles. The molecule has 0 fully saturated rings. The fourth-order valence-electron chi connectivity index (χ4n) is 3.08. The zero-order valence-corrected chi connectivity index (χ0v) is 12.9. The summed E-state index contributed by atoms with van der Waals surface area (Å²) in [5.41, 5.74) is 3.92. The largest absolute Gasteiger partial charge is 0.385 e. The van der Waals surface area contributed by atoms with Gasteiger partial charge in [-0.05, 0) is 37.3 Å². The van der Waals surface area contributed by atoms with Crippen LogP contribution in [0.5, 0.6) is 0 Å². The van der Waals surface area contributed by atoms with Crippen molar-refractivity contribution in [3.05, 3.63) is 53.6 Å². The summed E-state index contributed by atoms with van der Waals surface area (Å²) in [6, 6.07) is 9.28. The van der Waals surface area contributed by atoms with Crippen molar-refractivity contribution in [2.45, 2.75) is 19.6 Å². The zero-order valence-electron chi connectivity index (χ0n) is 12.9. The summed E-state index contributed by atoms with van der Waals surface area (Å²) in [4.78, 5) is 23.0. The second-order valence-corrected chi connectivity index (χ2v) is 5.77. The van der Waals surface area contributed by atoms with Gasteiger partial charge >= 0.3 is 0 Å². The molecule has 1 N–H and O–H groups in total. The van der Waals surface area contributed by atoms with Crippen molar-refractivity contribution in [3.8, 4) is 0 Å². The average Bonchev–Trinajstić information content (AvgIpc) is 3.06. The van der Waals surface area contributed by atoms with Crippen LogP contribution in [0.3, 0.4) is 0 Å². The van der Waals surface area contributed by atoms with Crippen LogP contribution in [0.2, 0.25) is 0 Å². The maximum absolute atomic E-state index is 12.5. The number of aromatic nitrogens is 3. The minimum Gasteiger partial charge on any atom is -0.385 e. The van der Waals surface area contributed by atoms with Crippen LogP contribution in [0.15, 0.2) is 36.5 Å². The molecule has 1 aliphatic rings. The van der Waals surface area contributed by atoms with Gasteiger partial charge in [0.05, 0.1) is 28.8 Å². The van der Waals surface area contributed by atoms with E-state index in [4.69, 9.17) is 0 Å². The number of benzene rings is 1. The molecule has 0 radical (unpaired) electrons. The Balaban J connectivity index is 1.78. The van der Waals surface area contributed by atoms with Gasteiger partial charge < -0.3 is 14.6 Å². The number of fused-ring (bicyclic) bond motifs is 2. The molecule has 116 valence electrons. The molecule has 1 atom stereocenters. The summed E-state index contributed by atoms with van der Waals surface area (Å²) in [5, 5.41) is 9.79. The monoisotopic (exact) mass is 308 g/mol. The summed E-state index contributed by atoms with van der Waals surface area (Å²) in [7, 11) is 1.87. The molecular formula is C17H16N4O2. The number of carbonyl (C=O) groups excluding carboxylic acids is 1. The number of imidazole rings is 1. The summed E-state index contributed by atoms with van der Waals surface area (Å²) in [6.45, 7) is 2.16. The maximum Gasteiger partial charge on any atom is 0.260 e. The van der Waals surface area contributed by atoms with Crippen molar-refractivity contribution in [2.24, 2.45) is 7.05 Å². The fraction of sp³-hybridized carbons (Fsp3) is 0.235. The number of rotatable bonds is 2. The molecule has 6 nitrogen and oxygen atoms in total. The summed E-state index contributed by atoms with van der Waals surface area (Å²) < 4.78 is 1.87. The van der Waals surface area contributed by atoms with E-state index in [-0.39, 0.29) is 5.91 Å². The standard InChI is InChI=1S/C17H16N4O2/c1-10(22)16-19-13-8-11(5-6-15(13)20(16)2)21-9-14-12(17(21)23)4-3-7-18-14/h3-8,10,22H,9H2,1-2H3. The summed E-state index contributed by atoms with van der Waals surface area (Å²) in [5.74, 6) is 0.564. The first-order valence-corrected chi connectivity index (χ1v) is 7.46. The van der Waals surface area contributed by atoms with Gasteiger partial charge in [-0.2, -0.15) is 0 Å². The van der Waals surface area contributed by atoms with E-state index in [0.717, 1.165) is 22.4 Å². The van der Waals surface area contributed by atoms with Gasteiger partial charge in [0.25, 0.3) is 5.91 Å². The number of hydrogen-bond donors (Lipinski definition) is 1. The smallest absolute Gasteiger partial charge is 0.260 e. The quantitative estimate of drug-likeness (QED) is 0.787. The number of pyridine rings is 1. The van der Waals surface area contributed by atoms with Gasteiger partial charge in [0.1, 0.15) is 11.9 Å². The fourth-order valence-corrected chi connectivity index (χ4v) is 3.08. The van der Waals surface area contributed by atoms with E-state index in [2.05, 4.69) is 9.97 Å². The Kier molecular flexibility index (Phi) is 2.96. The predicted molar refractivity (Wildman–Crippen MR) is 86.1 cm³/mol. The highest BCUT2D eigenvalue weighted by atomic mass is 16.3.